The van der Waals surface area contributed by atoms with Crippen LogP contribution in [-0.2, 0) is 18.4 Å². The molecule has 0 bridgehead atoms. The van der Waals surface area contributed by atoms with Gasteiger partial charge in [0.05, 0.1) is 25.4 Å². The third kappa shape index (κ3) is 41.7. The number of phosphoric ester groups is 1. The molecule has 3 unspecified atom stereocenters. The zero-order valence-corrected chi connectivity index (χ0v) is 38.3. The Labute approximate surface area is 348 Å². The first-order chi connectivity index (χ1) is 27.4. The van der Waals surface area contributed by atoms with Gasteiger partial charge < -0.3 is 21.1 Å². The maximum Gasteiger partial charge on any atom is 0.472 e. The SMILES string of the molecule is CCCCCCCCCCCCCCCCCCCCCCCC(O)C(COP(=O)(O)OCCN)NC(=O)CCCCCCCCCCCCCCCCCC. The lowest BCUT2D eigenvalue weighted by Gasteiger charge is -2.25. The second-order valence-corrected chi connectivity index (χ2v) is 18.5. The molecule has 0 saturated heterocycles. The average Bonchev–Trinajstić information content (AvgIpc) is 3.19. The van der Waals surface area contributed by atoms with Crippen LogP contribution >= 0.6 is 7.82 Å². The molecule has 0 aromatic carbocycles. The van der Waals surface area contributed by atoms with E-state index in [4.69, 9.17) is 14.8 Å². The van der Waals surface area contributed by atoms with Crippen molar-refractivity contribution in [3.05, 3.63) is 0 Å². The first kappa shape index (κ1) is 55.5. The lowest BCUT2D eigenvalue weighted by Crippen LogP contribution is -2.46. The molecule has 0 rings (SSSR count). The van der Waals surface area contributed by atoms with E-state index >= 15 is 0 Å². The van der Waals surface area contributed by atoms with E-state index < -0.39 is 20.0 Å². The molecule has 0 spiro atoms. The Morgan fingerprint density at radius 2 is 0.821 bits per heavy atom. The fraction of sp³-hybridized carbons (Fsp3) is 0.979. The van der Waals surface area contributed by atoms with Crippen LogP contribution in [0.25, 0.3) is 0 Å². The normalized spacial score (nSPS) is 13.9. The maximum absolute atomic E-state index is 12.8. The quantitative estimate of drug-likeness (QED) is 0.0355. The predicted octanol–water partition coefficient (Wildman–Crippen LogP) is 14.2. The summed E-state index contributed by atoms with van der Waals surface area (Å²) in [5.74, 6) is -0.155. The van der Waals surface area contributed by atoms with Crippen LogP contribution in [0.4, 0.5) is 0 Å². The van der Waals surface area contributed by atoms with Gasteiger partial charge in [-0.25, -0.2) is 4.57 Å². The van der Waals surface area contributed by atoms with Crippen molar-refractivity contribution in [2.24, 2.45) is 5.73 Å². The van der Waals surface area contributed by atoms with E-state index in [1.54, 1.807) is 0 Å². The summed E-state index contributed by atoms with van der Waals surface area (Å²) in [7, 11) is -4.31. The fourth-order valence-corrected chi connectivity index (χ4v) is 8.49. The average molecular weight is 817 g/mol. The molecule has 8 nitrogen and oxygen atoms in total. The summed E-state index contributed by atoms with van der Waals surface area (Å²) >= 11 is 0. The molecule has 0 aliphatic rings. The van der Waals surface area contributed by atoms with Crippen LogP contribution in [-0.4, -0.2) is 47.8 Å². The molecule has 0 aromatic heterocycles. The van der Waals surface area contributed by atoms with Crippen LogP contribution in [0.1, 0.15) is 264 Å². The fourth-order valence-electron chi connectivity index (χ4n) is 7.73. The molecule has 336 valence electrons. The number of amides is 1. The largest absolute Gasteiger partial charge is 0.472 e. The van der Waals surface area contributed by atoms with Crippen LogP contribution in [0.3, 0.4) is 0 Å². The zero-order chi connectivity index (χ0) is 41.1. The Bertz CT molecular complexity index is 849. The third-order valence-corrected chi connectivity index (χ3v) is 12.4. The minimum absolute atomic E-state index is 0.0927. The molecule has 0 aromatic rings. The molecular formula is C47H97N2O6P. The molecule has 0 saturated carbocycles. The van der Waals surface area contributed by atoms with Crippen molar-refractivity contribution in [2.75, 3.05) is 19.8 Å². The van der Waals surface area contributed by atoms with E-state index in [2.05, 4.69) is 19.2 Å². The van der Waals surface area contributed by atoms with Crippen molar-refractivity contribution >= 4 is 13.7 Å². The first-order valence-electron chi connectivity index (χ1n) is 24.7. The topological polar surface area (TPSA) is 131 Å². The second kappa shape index (κ2) is 44.1. The number of phosphoric acid groups is 1. The standard InChI is InChI=1S/C47H97N2O6P/c1-3-5-7-9-11-13-15-17-19-21-22-23-24-25-26-28-30-32-34-36-38-40-46(50)45(44-55-56(52,53)54-43-42-48)49-47(51)41-39-37-35-33-31-29-27-20-18-16-14-12-10-8-6-4-2/h45-46,50H,3-44,48H2,1-2H3,(H,49,51)(H,52,53). The van der Waals surface area contributed by atoms with E-state index in [1.807, 2.05) is 0 Å². The van der Waals surface area contributed by atoms with Crippen LogP contribution < -0.4 is 11.1 Å². The van der Waals surface area contributed by atoms with Gasteiger partial charge in [-0.15, -0.1) is 0 Å². The highest BCUT2D eigenvalue weighted by Gasteiger charge is 2.27. The van der Waals surface area contributed by atoms with Gasteiger partial charge in [0.15, 0.2) is 0 Å². The summed E-state index contributed by atoms with van der Waals surface area (Å²) in [6.45, 7) is 4.25. The number of aliphatic hydroxyl groups excluding tert-OH is 1. The van der Waals surface area contributed by atoms with Gasteiger partial charge in [-0.3, -0.25) is 13.8 Å². The molecule has 9 heteroatoms. The molecular weight excluding hydrogens is 719 g/mol. The third-order valence-electron chi connectivity index (χ3n) is 11.5. The van der Waals surface area contributed by atoms with Gasteiger partial charge in [-0.1, -0.05) is 245 Å². The van der Waals surface area contributed by atoms with E-state index in [0.717, 1.165) is 38.5 Å². The lowest BCUT2D eigenvalue weighted by molar-refractivity contribution is -0.123. The summed E-state index contributed by atoms with van der Waals surface area (Å²) < 4.78 is 22.3. The van der Waals surface area contributed by atoms with E-state index in [0.29, 0.717) is 12.8 Å². The molecule has 5 N–H and O–H groups in total. The first-order valence-corrected chi connectivity index (χ1v) is 26.1. The molecule has 0 aliphatic heterocycles. The monoisotopic (exact) mass is 817 g/mol. The number of nitrogens with two attached hydrogens (primary N) is 1. The Morgan fingerprint density at radius 3 is 1.14 bits per heavy atom. The molecule has 1 amide bonds. The number of unbranched alkanes of at least 4 members (excludes halogenated alkanes) is 35. The van der Waals surface area contributed by atoms with Crippen molar-refractivity contribution in [2.45, 2.75) is 276 Å². The van der Waals surface area contributed by atoms with E-state index in [9.17, 15) is 19.4 Å². The van der Waals surface area contributed by atoms with Crippen LogP contribution in [0.2, 0.25) is 0 Å². The van der Waals surface area contributed by atoms with Crippen molar-refractivity contribution in [3.63, 3.8) is 0 Å². The minimum Gasteiger partial charge on any atom is -0.391 e. The highest BCUT2D eigenvalue weighted by Crippen LogP contribution is 2.43. The van der Waals surface area contributed by atoms with Crippen molar-refractivity contribution < 1.29 is 28.4 Å². The smallest absolute Gasteiger partial charge is 0.391 e. The predicted molar refractivity (Wildman–Crippen MR) is 240 cm³/mol. The Hall–Kier alpha value is -0.500. The van der Waals surface area contributed by atoms with Gasteiger partial charge in [0.2, 0.25) is 5.91 Å². The number of hydrogen-bond donors (Lipinski definition) is 4. The van der Waals surface area contributed by atoms with Crippen molar-refractivity contribution in [3.8, 4) is 0 Å². The van der Waals surface area contributed by atoms with Gasteiger partial charge in [-0.05, 0) is 12.8 Å². The summed E-state index contributed by atoms with van der Waals surface area (Å²) in [5.41, 5.74) is 5.39. The van der Waals surface area contributed by atoms with Crippen LogP contribution in [0.15, 0.2) is 0 Å². The van der Waals surface area contributed by atoms with Crippen molar-refractivity contribution in [1.82, 2.24) is 5.32 Å². The molecule has 0 aliphatic carbocycles. The summed E-state index contributed by atoms with van der Waals surface area (Å²) in [6, 6.07) is -0.768. The minimum atomic E-state index is -4.31. The number of nitrogens with one attached hydrogen (secondary N) is 1. The van der Waals surface area contributed by atoms with Gasteiger partial charge in [0, 0.05) is 13.0 Å². The van der Waals surface area contributed by atoms with Gasteiger partial charge in [0.25, 0.3) is 0 Å². The summed E-state index contributed by atoms with van der Waals surface area (Å²) in [5, 5.41) is 13.9. The summed E-state index contributed by atoms with van der Waals surface area (Å²) in [6.07, 6.45) is 48.3. The number of aliphatic hydroxyl groups is 1. The van der Waals surface area contributed by atoms with E-state index in [1.165, 1.54) is 199 Å². The maximum atomic E-state index is 12.8. The van der Waals surface area contributed by atoms with Gasteiger partial charge >= 0.3 is 7.82 Å². The van der Waals surface area contributed by atoms with E-state index in [-0.39, 0.29) is 25.7 Å². The van der Waals surface area contributed by atoms with Crippen molar-refractivity contribution in [1.29, 1.82) is 0 Å². The Morgan fingerprint density at radius 1 is 0.518 bits per heavy atom. The summed E-state index contributed by atoms with van der Waals surface area (Å²) in [4.78, 5) is 22.8. The molecule has 3 atom stereocenters. The number of hydrogen-bond acceptors (Lipinski definition) is 6. The Kier molecular flexibility index (Phi) is 43.7. The van der Waals surface area contributed by atoms with Gasteiger partial charge in [-0.2, -0.15) is 0 Å². The zero-order valence-electron chi connectivity index (χ0n) is 37.4. The molecule has 0 radical (unpaired) electrons. The van der Waals surface area contributed by atoms with Crippen LogP contribution in [0.5, 0.6) is 0 Å². The molecule has 0 fully saturated rings. The molecule has 0 heterocycles. The number of rotatable bonds is 47. The second-order valence-electron chi connectivity index (χ2n) is 17.0. The number of carbonyl (C=O) groups excluding carboxylic acids is 1. The van der Waals surface area contributed by atoms with Crippen LogP contribution in [0, 0.1) is 0 Å². The molecule has 56 heavy (non-hydrogen) atoms. The highest BCUT2D eigenvalue weighted by molar-refractivity contribution is 7.47. The lowest BCUT2D eigenvalue weighted by atomic mass is 10.0. The highest BCUT2D eigenvalue weighted by atomic mass is 31.2. The Balaban J connectivity index is 4.03. The van der Waals surface area contributed by atoms with Gasteiger partial charge in [0.1, 0.15) is 0 Å². The number of carbonyl (C=O) groups is 1.